The van der Waals surface area contributed by atoms with Crippen LogP contribution >= 0.6 is 11.8 Å². The quantitative estimate of drug-likeness (QED) is 0.227. The zero-order chi connectivity index (χ0) is 26.1. The van der Waals surface area contributed by atoms with Crippen LogP contribution in [-0.4, -0.2) is 11.5 Å². The van der Waals surface area contributed by atoms with E-state index in [1.807, 2.05) is 24.8 Å². The van der Waals surface area contributed by atoms with Crippen LogP contribution in [0.4, 0.5) is 0 Å². The van der Waals surface area contributed by atoms with Crippen molar-refractivity contribution < 1.29 is 4.79 Å². The molecular formula is C34H42OS. The van der Waals surface area contributed by atoms with Gasteiger partial charge in [-0.05, 0) is 91.5 Å². The van der Waals surface area contributed by atoms with Gasteiger partial charge in [0.2, 0.25) is 0 Å². The van der Waals surface area contributed by atoms with E-state index in [0.717, 1.165) is 43.4 Å². The lowest BCUT2D eigenvalue weighted by atomic mass is 9.75. The molecular weight excluding hydrogens is 456 g/mol. The number of ketones is 1. The third-order valence-electron chi connectivity index (χ3n) is 7.15. The molecule has 0 saturated heterocycles. The zero-order valence-electron chi connectivity index (χ0n) is 22.8. The van der Waals surface area contributed by atoms with Gasteiger partial charge >= 0.3 is 0 Å². The van der Waals surface area contributed by atoms with E-state index in [2.05, 4.69) is 88.9 Å². The fourth-order valence-corrected chi connectivity index (χ4v) is 6.64. The summed E-state index contributed by atoms with van der Waals surface area (Å²) in [5.41, 5.74) is 10.0. The lowest BCUT2D eigenvalue weighted by molar-refractivity contribution is -0.115. The van der Waals surface area contributed by atoms with E-state index in [-0.39, 0.29) is 0 Å². The molecule has 0 amide bonds. The fourth-order valence-electron chi connectivity index (χ4n) is 5.45. The predicted molar refractivity (Wildman–Crippen MR) is 160 cm³/mol. The maximum Gasteiger partial charge on any atom is 0.163 e. The van der Waals surface area contributed by atoms with Crippen LogP contribution in [0, 0.1) is 12.8 Å². The number of carbonyl (C=O) groups is 1. The maximum atomic E-state index is 13.6. The van der Waals surface area contributed by atoms with Gasteiger partial charge in [-0.3, -0.25) is 4.79 Å². The second kappa shape index (κ2) is 13.7. The Morgan fingerprint density at radius 2 is 1.75 bits per heavy atom. The van der Waals surface area contributed by atoms with Crippen LogP contribution in [0.5, 0.6) is 0 Å². The number of benzene rings is 2. The average Bonchev–Trinajstić information content (AvgIpc) is 2.88. The first-order valence-electron chi connectivity index (χ1n) is 13.5. The third kappa shape index (κ3) is 6.59. The summed E-state index contributed by atoms with van der Waals surface area (Å²) in [7, 11) is 0. The molecule has 0 bridgehead atoms. The molecule has 0 N–H and O–H groups in total. The predicted octanol–water partition coefficient (Wildman–Crippen LogP) is 9.59. The number of rotatable bonds is 11. The summed E-state index contributed by atoms with van der Waals surface area (Å²) in [5, 5.41) is 0. The number of carbonyl (C=O) groups excluding carboxylic acids is 1. The SMILES string of the molecule is C=C/C=C(\C=C/C)c1ccccc1SCCC1CC(=O)C(c2c(CC)cc(C)cc2CC)=C(CC)C1. The molecule has 3 rings (SSSR count). The van der Waals surface area contributed by atoms with E-state index < -0.39 is 0 Å². The van der Waals surface area contributed by atoms with E-state index in [9.17, 15) is 4.79 Å². The molecule has 0 aliphatic heterocycles. The van der Waals surface area contributed by atoms with Crippen LogP contribution < -0.4 is 0 Å². The van der Waals surface area contributed by atoms with Crippen LogP contribution in [-0.2, 0) is 17.6 Å². The summed E-state index contributed by atoms with van der Waals surface area (Å²) in [5.74, 6) is 1.80. The molecule has 1 nitrogen and oxygen atoms in total. The molecule has 0 saturated carbocycles. The molecule has 2 heteroatoms. The summed E-state index contributed by atoms with van der Waals surface area (Å²) < 4.78 is 0. The molecule has 0 radical (unpaired) electrons. The molecule has 1 aliphatic carbocycles. The van der Waals surface area contributed by atoms with Crippen molar-refractivity contribution in [2.45, 2.75) is 78.0 Å². The van der Waals surface area contributed by atoms with Crippen LogP contribution in [0.15, 0.2) is 77.7 Å². The lowest BCUT2D eigenvalue weighted by Crippen LogP contribution is -2.21. The Morgan fingerprint density at radius 3 is 2.36 bits per heavy atom. The molecule has 1 aliphatic rings. The van der Waals surface area contributed by atoms with Crippen molar-refractivity contribution >= 4 is 28.7 Å². The molecule has 2 aromatic rings. The van der Waals surface area contributed by atoms with Crippen molar-refractivity contribution in [2.24, 2.45) is 5.92 Å². The van der Waals surface area contributed by atoms with Gasteiger partial charge in [0.05, 0.1) is 0 Å². The molecule has 1 atom stereocenters. The highest BCUT2D eigenvalue weighted by Gasteiger charge is 2.29. The van der Waals surface area contributed by atoms with Gasteiger partial charge in [-0.2, -0.15) is 0 Å². The number of aryl methyl sites for hydroxylation is 3. The fraction of sp³-hybridized carbons (Fsp3) is 0.382. The van der Waals surface area contributed by atoms with Crippen molar-refractivity contribution in [1.82, 2.24) is 0 Å². The number of hydrogen-bond acceptors (Lipinski definition) is 2. The Balaban J connectivity index is 1.80. The van der Waals surface area contributed by atoms with Crippen molar-refractivity contribution in [3.63, 3.8) is 0 Å². The van der Waals surface area contributed by atoms with Gasteiger partial charge in [-0.1, -0.05) is 93.1 Å². The van der Waals surface area contributed by atoms with E-state index in [0.29, 0.717) is 18.1 Å². The topological polar surface area (TPSA) is 17.1 Å². The van der Waals surface area contributed by atoms with Crippen LogP contribution in [0.3, 0.4) is 0 Å². The summed E-state index contributed by atoms with van der Waals surface area (Å²) in [6.07, 6.45) is 13.8. The molecule has 36 heavy (non-hydrogen) atoms. The van der Waals surface area contributed by atoms with Crippen molar-refractivity contribution in [1.29, 1.82) is 0 Å². The minimum absolute atomic E-state index is 0.353. The zero-order valence-corrected chi connectivity index (χ0v) is 23.6. The molecule has 2 aromatic carbocycles. The number of hydrogen-bond donors (Lipinski definition) is 0. The molecule has 0 spiro atoms. The largest absolute Gasteiger partial charge is 0.294 e. The minimum atomic E-state index is 0.353. The lowest BCUT2D eigenvalue weighted by Gasteiger charge is -2.28. The average molecular weight is 499 g/mol. The Morgan fingerprint density at radius 1 is 1.06 bits per heavy atom. The summed E-state index contributed by atoms with van der Waals surface area (Å²) in [6.45, 7) is 14.7. The standard InChI is InChI=1S/C34H42OS/c1-7-14-29(15-8-2)30-16-12-13-17-32(30)36-19-18-25-22-28(11-5)34(31(35)23-25)33-26(9-3)20-24(6)21-27(33)10-4/h7-8,12-17,20-21,25H,1,9-11,18-19,22-23H2,2-6H3/b15-8-,29-14+. The molecule has 1 unspecified atom stereocenters. The molecule has 0 fully saturated rings. The molecule has 0 aromatic heterocycles. The van der Waals surface area contributed by atoms with Crippen LogP contribution in [0.25, 0.3) is 11.1 Å². The Hall–Kier alpha value is -2.58. The number of allylic oxidation sites excluding steroid dienone is 7. The highest BCUT2D eigenvalue weighted by atomic mass is 32.2. The van der Waals surface area contributed by atoms with Gasteiger partial charge in [0.1, 0.15) is 0 Å². The van der Waals surface area contributed by atoms with E-state index in [4.69, 9.17) is 0 Å². The maximum absolute atomic E-state index is 13.6. The van der Waals surface area contributed by atoms with Crippen LogP contribution in [0.1, 0.15) is 81.2 Å². The van der Waals surface area contributed by atoms with Gasteiger partial charge in [-0.15, -0.1) is 11.8 Å². The van der Waals surface area contributed by atoms with Crippen LogP contribution in [0.2, 0.25) is 0 Å². The molecule has 190 valence electrons. The third-order valence-corrected chi connectivity index (χ3v) is 8.26. The number of thioether (sulfide) groups is 1. The monoisotopic (exact) mass is 498 g/mol. The van der Waals surface area contributed by atoms with Gasteiger partial charge in [0.15, 0.2) is 5.78 Å². The van der Waals surface area contributed by atoms with E-state index in [1.54, 1.807) is 0 Å². The summed E-state index contributed by atoms with van der Waals surface area (Å²) >= 11 is 1.91. The second-order valence-electron chi connectivity index (χ2n) is 9.69. The minimum Gasteiger partial charge on any atom is -0.294 e. The normalized spacial score (nSPS) is 16.8. The van der Waals surface area contributed by atoms with Crippen molar-refractivity contribution in [3.05, 3.63) is 101 Å². The first-order valence-corrected chi connectivity index (χ1v) is 14.5. The van der Waals surface area contributed by atoms with Gasteiger partial charge in [0.25, 0.3) is 0 Å². The van der Waals surface area contributed by atoms with Gasteiger partial charge < -0.3 is 0 Å². The first kappa shape index (κ1) is 28.0. The smallest absolute Gasteiger partial charge is 0.163 e. The Bertz CT molecular complexity index is 1150. The first-order chi connectivity index (χ1) is 17.5. The Labute approximate surface area is 223 Å². The highest BCUT2D eigenvalue weighted by molar-refractivity contribution is 7.99. The second-order valence-corrected chi connectivity index (χ2v) is 10.8. The van der Waals surface area contributed by atoms with Gasteiger partial charge in [-0.25, -0.2) is 0 Å². The van der Waals surface area contributed by atoms with Crippen molar-refractivity contribution in [3.8, 4) is 0 Å². The van der Waals surface area contributed by atoms with E-state index >= 15 is 0 Å². The summed E-state index contributed by atoms with van der Waals surface area (Å²) in [4.78, 5) is 14.9. The Kier molecular flexibility index (Phi) is 10.6. The van der Waals surface area contributed by atoms with E-state index in [1.165, 1.54) is 43.9 Å². The van der Waals surface area contributed by atoms with Crippen molar-refractivity contribution in [2.75, 3.05) is 5.75 Å². The van der Waals surface area contributed by atoms with Gasteiger partial charge in [0, 0.05) is 16.9 Å². The summed E-state index contributed by atoms with van der Waals surface area (Å²) in [6, 6.07) is 13.2. The highest BCUT2D eigenvalue weighted by Crippen LogP contribution is 2.40. The molecule has 0 heterocycles. The number of Topliss-reactive ketones (excluding diaryl/α,β-unsaturated/α-hetero) is 1.